The fourth-order valence-electron chi connectivity index (χ4n) is 1.98. The van der Waals surface area contributed by atoms with Gasteiger partial charge in [0.1, 0.15) is 5.15 Å². The number of hydrogen-bond donors (Lipinski definition) is 0. The molecule has 94 valence electrons. The normalized spacial score (nSPS) is 10.8. The van der Waals surface area contributed by atoms with Crippen molar-refractivity contribution in [2.75, 3.05) is 0 Å². The van der Waals surface area contributed by atoms with E-state index in [-0.39, 0.29) is 5.56 Å². The fraction of sp³-hybridized carbons (Fsp3) is 0.0714. The SMILES string of the molecule is O=c1cnc2ccccc2n1Cc1cccc(Cl)n1. The van der Waals surface area contributed by atoms with Crippen molar-refractivity contribution in [1.82, 2.24) is 14.5 Å². The van der Waals surface area contributed by atoms with Gasteiger partial charge in [0.05, 0.1) is 29.5 Å². The molecule has 0 aliphatic carbocycles. The number of nitrogens with zero attached hydrogens (tertiary/aromatic N) is 3. The predicted molar refractivity (Wildman–Crippen MR) is 74.4 cm³/mol. The summed E-state index contributed by atoms with van der Waals surface area (Å²) in [4.78, 5) is 20.3. The molecule has 5 heteroatoms. The second-order valence-electron chi connectivity index (χ2n) is 4.12. The highest BCUT2D eigenvalue weighted by molar-refractivity contribution is 6.29. The lowest BCUT2D eigenvalue weighted by Gasteiger charge is -2.08. The maximum Gasteiger partial charge on any atom is 0.269 e. The zero-order chi connectivity index (χ0) is 13.2. The molecule has 4 nitrogen and oxygen atoms in total. The summed E-state index contributed by atoms with van der Waals surface area (Å²) in [5, 5.41) is 0.420. The van der Waals surface area contributed by atoms with Crippen molar-refractivity contribution in [2.24, 2.45) is 0 Å². The van der Waals surface area contributed by atoms with Gasteiger partial charge in [-0.15, -0.1) is 0 Å². The van der Waals surface area contributed by atoms with Crippen molar-refractivity contribution >= 4 is 22.6 Å². The summed E-state index contributed by atoms with van der Waals surface area (Å²) in [6.45, 7) is 0.377. The Morgan fingerprint density at radius 1 is 1.11 bits per heavy atom. The van der Waals surface area contributed by atoms with Crippen LogP contribution in [0.5, 0.6) is 0 Å². The minimum absolute atomic E-state index is 0.152. The Kier molecular flexibility index (Phi) is 3.01. The average Bonchev–Trinajstić information content (AvgIpc) is 2.42. The van der Waals surface area contributed by atoms with Crippen molar-refractivity contribution in [3.63, 3.8) is 0 Å². The van der Waals surface area contributed by atoms with Crippen LogP contribution in [-0.4, -0.2) is 14.5 Å². The highest BCUT2D eigenvalue weighted by atomic mass is 35.5. The van der Waals surface area contributed by atoms with Gasteiger partial charge in [-0.3, -0.25) is 9.36 Å². The smallest absolute Gasteiger partial charge is 0.269 e. The molecule has 0 bridgehead atoms. The topological polar surface area (TPSA) is 47.8 Å². The molecule has 0 N–H and O–H groups in total. The number of pyridine rings is 1. The van der Waals surface area contributed by atoms with Crippen molar-refractivity contribution in [2.45, 2.75) is 6.54 Å². The van der Waals surface area contributed by atoms with E-state index in [1.807, 2.05) is 36.4 Å². The van der Waals surface area contributed by atoms with E-state index in [1.54, 1.807) is 10.6 Å². The van der Waals surface area contributed by atoms with Gasteiger partial charge in [-0.05, 0) is 24.3 Å². The predicted octanol–water partition coefficient (Wildman–Crippen LogP) is 2.49. The van der Waals surface area contributed by atoms with Crippen molar-refractivity contribution < 1.29 is 0 Å². The van der Waals surface area contributed by atoms with Gasteiger partial charge in [0, 0.05) is 0 Å². The maximum atomic E-state index is 12.0. The first-order valence-corrected chi connectivity index (χ1v) is 6.18. The van der Waals surface area contributed by atoms with E-state index < -0.39 is 0 Å². The average molecular weight is 272 g/mol. The van der Waals surface area contributed by atoms with Crippen molar-refractivity contribution in [1.29, 1.82) is 0 Å². The van der Waals surface area contributed by atoms with Crippen LogP contribution < -0.4 is 5.56 Å². The highest BCUT2D eigenvalue weighted by Gasteiger charge is 2.05. The van der Waals surface area contributed by atoms with Crippen molar-refractivity contribution in [3.8, 4) is 0 Å². The van der Waals surface area contributed by atoms with Gasteiger partial charge < -0.3 is 0 Å². The molecule has 1 aromatic carbocycles. The lowest BCUT2D eigenvalue weighted by Crippen LogP contribution is -2.21. The van der Waals surface area contributed by atoms with E-state index in [4.69, 9.17) is 11.6 Å². The molecule has 2 heterocycles. The Hall–Kier alpha value is -2.20. The molecule has 0 spiro atoms. The fourth-order valence-corrected chi connectivity index (χ4v) is 2.16. The first-order valence-electron chi connectivity index (χ1n) is 5.80. The second kappa shape index (κ2) is 4.82. The highest BCUT2D eigenvalue weighted by Crippen LogP contribution is 2.11. The van der Waals surface area contributed by atoms with E-state index in [0.29, 0.717) is 11.7 Å². The van der Waals surface area contributed by atoms with Crippen molar-refractivity contribution in [3.05, 3.63) is 69.9 Å². The lowest BCUT2D eigenvalue weighted by molar-refractivity contribution is 0.765. The molecule has 0 aliphatic heterocycles. The number of aromatic nitrogens is 3. The molecular formula is C14H10ClN3O. The molecule has 19 heavy (non-hydrogen) atoms. The zero-order valence-electron chi connectivity index (χ0n) is 9.95. The number of para-hydroxylation sites is 2. The summed E-state index contributed by atoms with van der Waals surface area (Å²) in [7, 11) is 0. The van der Waals surface area contributed by atoms with E-state index in [0.717, 1.165) is 16.7 Å². The Labute approximate surface area is 114 Å². The third-order valence-electron chi connectivity index (χ3n) is 2.85. The minimum atomic E-state index is -0.152. The largest absolute Gasteiger partial charge is 0.299 e. The summed E-state index contributed by atoms with van der Waals surface area (Å²) in [5.41, 5.74) is 2.16. The number of hydrogen-bond acceptors (Lipinski definition) is 3. The second-order valence-corrected chi connectivity index (χ2v) is 4.51. The van der Waals surface area contributed by atoms with Crippen LogP contribution >= 0.6 is 11.6 Å². The van der Waals surface area contributed by atoms with Crippen LogP contribution in [0.3, 0.4) is 0 Å². The van der Waals surface area contributed by atoms with E-state index in [1.165, 1.54) is 6.20 Å². The molecule has 0 aliphatic rings. The number of halogens is 1. The van der Waals surface area contributed by atoms with Crippen LogP contribution in [0.25, 0.3) is 11.0 Å². The van der Waals surface area contributed by atoms with Gasteiger partial charge in [-0.1, -0.05) is 29.8 Å². The third-order valence-corrected chi connectivity index (χ3v) is 3.06. The molecule has 0 fully saturated rings. The van der Waals surface area contributed by atoms with Crippen LogP contribution in [0.4, 0.5) is 0 Å². The van der Waals surface area contributed by atoms with Crippen LogP contribution in [0.1, 0.15) is 5.69 Å². The maximum absolute atomic E-state index is 12.0. The van der Waals surface area contributed by atoms with Crippen LogP contribution in [0, 0.1) is 0 Å². The van der Waals surface area contributed by atoms with E-state index in [2.05, 4.69) is 9.97 Å². The summed E-state index contributed by atoms with van der Waals surface area (Å²) in [6.07, 6.45) is 1.33. The van der Waals surface area contributed by atoms with Crippen LogP contribution in [0.15, 0.2) is 53.5 Å². The Balaban J connectivity index is 2.14. The Morgan fingerprint density at radius 2 is 1.95 bits per heavy atom. The molecule has 0 radical (unpaired) electrons. The lowest BCUT2D eigenvalue weighted by atomic mass is 10.3. The third kappa shape index (κ3) is 2.35. The number of fused-ring (bicyclic) bond motifs is 1. The number of benzene rings is 1. The zero-order valence-corrected chi connectivity index (χ0v) is 10.7. The molecular weight excluding hydrogens is 262 g/mol. The van der Waals surface area contributed by atoms with E-state index >= 15 is 0 Å². The molecule has 0 unspecified atom stereocenters. The van der Waals surface area contributed by atoms with Gasteiger partial charge in [0.15, 0.2) is 0 Å². The molecule has 0 saturated heterocycles. The van der Waals surface area contributed by atoms with Gasteiger partial charge in [-0.25, -0.2) is 9.97 Å². The molecule has 0 amide bonds. The molecule has 2 aromatic heterocycles. The summed E-state index contributed by atoms with van der Waals surface area (Å²) < 4.78 is 1.64. The number of rotatable bonds is 2. The van der Waals surface area contributed by atoms with Gasteiger partial charge in [-0.2, -0.15) is 0 Å². The summed E-state index contributed by atoms with van der Waals surface area (Å²) >= 11 is 5.86. The van der Waals surface area contributed by atoms with Gasteiger partial charge >= 0.3 is 0 Å². The summed E-state index contributed by atoms with van der Waals surface area (Å²) in [5.74, 6) is 0. The Morgan fingerprint density at radius 3 is 2.79 bits per heavy atom. The standard InChI is InChI=1S/C14H10ClN3O/c15-13-7-3-4-10(17-13)9-18-12-6-2-1-5-11(12)16-8-14(18)19/h1-8H,9H2. The minimum Gasteiger partial charge on any atom is -0.299 e. The first-order chi connectivity index (χ1) is 9.24. The molecule has 3 rings (SSSR count). The van der Waals surface area contributed by atoms with E-state index in [9.17, 15) is 4.79 Å². The van der Waals surface area contributed by atoms with Gasteiger partial charge in [0.2, 0.25) is 0 Å². The molecule has 0 atom stereocenters. The molecule has 0 saturated carbocycles. The van der Waals surface area contributed by atoms with Crippen LogP contribution in [0.2, 0.25) is 5.15 Å². The molecule has 3 aromatic rings. The quantitative estimate of drug-likeness (QED) is 0.673. The Bertz CT molecular complexity index is 798. The monoisotopic (exact) mass is 271 g/mol. The van der Waals surface area contributed by atoms with Crippen LogP contribution in [-0.2, 0) is 6.54 Å². The van der Waals surface area contributed by atoms with Gasteiger partial charge in [0.25, 0.3) is 5.56 Å². The first kappa shape index (κ1) is 11.9. The summed E-state index contributed by atoms with van der Waals surface area (Å²) in [6, 6.07) is 12.9.